The lowest BCUT2D eigenvalue weighted by Crippen LogP contribution is -2.37. The maximum Gasteiger partial charge on any atom is 0.391 e. The molecule has 0 radical (unpaired) electrons. The van der Waals surface area contributed by atoms with Gasteiger partial charge < -0.3 is 4.52 Å². The first kappa shape index (κ1) is 14.0. The molecule has 0 saturated carbocycles. The van der Waals surface area contributed by atoms with Crippen LogP contribution in [0.4, 0.5) is 13.2 Å². The summed E-state index contributed by atoms with van der Waals surface area (Å²) in [5.74, 6) is -1.26. The smallest absolute Gasteiger partial charge is 0.318 e. The fourth-order valence-corrected chi connectivity index (χ4v) is 3.48. The highest BCUT2D eigenvalue weighted by Gasteiger charge is 2.43. The van der Waals surface area contributed by atoms with Crippen LogP contribution in [0.5, 0.6) is 0 Å². The topological polar surface area (TPSA) is 29.5 Å². The van der Waals surface area contributed by atoms with Gasteiger partial charge in [-0.25, -0.2) is 4.67 Å². The molecule has 0 aromatic rings. The van der Waals surface area contributed by atoms with E-state index in [1.54, 1.807) is 11.6 Å². The maximum absolute atomic E-state index is 12.4. The van der Waals surface area contributed by atoms with Gasteiger partial charge in [-0.1, -0.05) is 0 Å². The van der Waals surface area contributed by atoms with Crippen LogP contribution in [0.25, 0.3) is 0 Å². The van der Waals surface area contributed by atoms with Crippen LogP contribution in [-0.2, 0) is 9.09 Å². The van der Waals surface area contributed by atoms with E-state index in [-0.39, 0.29) is 25.9 Å². The van der Waals surface area contributed by atoms with E-state index >= 15 is 0 Å². The van der Waals surface area contributed by atoms with Gasteiger partial charge in [0.15, 0.2) is 0 Å². The lowest BCUT2D eigenvalue weighted by molar-refractivity contribution is -0.183. The lowest BCUT2D eigenvalue weighted by atomic mass is 9.98. The molecule has 1 rings (SSSR count). The molecule has 1 atom stereocenters. The van der Waals surface area contributed by atoms with Crippen LogP contribution in [0.15, 0.2) is 0 Å². The molecular formula is C9H17F3NO2P. The van der Waals surface area contributed by atoms with Crippen LogP contribution in [0.3, 0.4) is 0 Å². The van der Waals surface area contributed by atoms with Gasteiger partial charge in [-0.05, 0) is 19.8 Å². The summed E-state index contributed by atoms with van der Waals surface area (Å²) in [6.07, 6.45) is -4.11. The zero-order chi connectivity index (χ0) is 12.4. The Balaban J connectivity index is 2.52. The summed E-state index contributed by atoms with van der Waals surface area (Å²) in [6, 6.07) is 0. The Morgan fingerprint density at radius 1 is 1.38 bits per heavy atom. The molecule has 1 fully saturated rings. The van der Waals surface area contributed by atoms with E-state index < -0.39 is 19.6 Å². The van der Waals surface area contributed by atoms with Gasteiger partial charge in [0.25, 0.3) is 7.52 Å². The average molecular weight is 259 g/mol. The number of nitrogens with zero attached hydrogens (tertiary/aromatic N) is 1. The van der Waals surface area contributed by atoms with E-state index in [2.05, 4.69) is 0 Å². The Bertz CT molecular complexity index is 274. The molecular weight excluding hydrogens is 242 g/mol. The Morgan fingerprint density at radius 3 is 2.25 bits per heavy atom. The number of hydrogen-bond donors (Lipinski definition) is 0. The molecule has 96 valence electrons. The number of halogens is 3. The van der Waals surface area contributed by atoms with Crippen molar-refractivity contribution in [3.05, 3.63) is 0 Å². The van der Waals surface area contributed by atoms with E-state index in [1.807, 2.05) is 0 Å². The highest BCUT2D eigenvalue weighted by Crippen LogP contribution is 2.49. The fraction of sp³-hybridized carbons (Fsp3) is 1.00. The minimum absolute atomic E-state index is 0.00834. The summed E-state index contributed by atoms with van der Waals surface area (Å²) >= 11 is 0. The minimum atomic E-state index is -4.13. The van der Waals surface area contributed by atoms with E-state index in [0.717, 1.165) is 0 Å². The summed E-state index contributed by atoms with van der Waals surface area (Å²) in [6.45, 7) is 3.88. The predicted molar refractivity (Wildman–Crippen MR) is 55.5 cm³/mol. The van der Waals surface area contributed by atoms with Gasteiger partial charge in [0.2, 0.25) is 0 Å². The van der Waals surface area contributed by atoms with Crippen molar-refractivity contribution in [1.82, 2.24) is 4.67 Å². The van der Waals surface area contributed by atoms with Crippen molar-refractivity contribution < 1.29 is 22.3 Å². The van der Waals surface area contributed by atoms with Gasteiger partial charge >= 0.3 is 6.18 Å². The molecule has 16 heavy (non-hydrogen) atoms. The molecule has 0 amide bonds. The number of hydrogen-bond acceptors (Lipinski definition) is 2. The maximum atomic E-state index is 12.4. The van der Waals surface area contributed by atoms with Crippen molar-refractivity contribution in [2.24, 2.45) is 5.92 Å². The Morgan fingerprint density at radius 2 is 1.88 bits per heavy atom. The molecule has 1 saturated heterocycles. The molecule has 7 heteroatoms. The molecule has 0 N–H and O–H groups in total. The third kappa shape index (κ3) is 3.47. The third-order valence-corrected chi connectivity index (χ3v) is 4.98. The normalized spacial score (nSPS) is 24.3. The monoisotopic (exact) mass is 259 g/mol. The molecule has 0 aromatic heterocycles. The number of rotatable bonds is 3. The van der Waals surface area contributed by atoms with Crippen LogP contribution in [-0.4, -0.2) is 37.2 Å². The van der Waals surface area contributed by atoms with Gasteiger partial charge in [-0.3, -0.25) is 4.57 Å². The van der Waals surface area contributed by atoms with Crippen molar-refractivity contribution in [3.8, 4) is 0 Å². The van der Waals surface area contributed by atoms with Crippen molar-refractivity contribution in [2.45, 2.75) is 25.9 Å². The van der Waals surface area contributed by atoms with Gasteiger partial charge in [-0.15, -0.1) is 0 Å². The van der Waals surface area contributed by atoms with Gasteiger partial charge in [0.1, 0.15) is 0 Å². The van der Waals surface area contributed by atoms with E-state index in [4.69, 9.17) is 4.52 Å². The minimum Gasteiger partial charge on any atom is -0.318 e. The van der Waals surface area contributed by atoms with Crippen LogP contribution < -0.4 is 0 Å². The molecule has 0 aliphatic carbocycles. The van der Waals surface area contributed by atoms with Crippen molar-refractivity contribution in [1.29, 1.82) is 0 Å². The van der Waals surface area contributed by atoms with E-state index in [0.29, 0.717) is 6.61 Å². The van der Waals surface area contributed by atoms with Gasteiger partial charge in [0, 0.05) is 19.8 Å². The summed E-state index contributed by atoms with van der Waals surface area (Å²) in [5, 5.41) is 0. The van der Waals surface area contributed by atoms with Crippen LogP contribution in [0, 0.1) is 5.92 Å². The third-order valence-electron chi connectivity index (χ3n) is 2.82. The lowest BCUT2D eigenvalue weighted by Gasteiger charge is -2.35. The fourth-order valence-electron chi connectivity index (χ4n) is 1.88. The largest absolute Gasteiger partial charge is 0.391 e. The molecule has 0 bridgehead atoms. The Labute approximate surface area is 93.5 Å². The summed E-state index contributed by atoms with van der Waals surface area (Å²) in [7, 11) is -2.88. The first-order valence-electron chi connectivity index (χ1n) is 5.31. The van der Waals surface area contributed by atoms with E-state index in [9.17, 15) is 17.7 Å². The molecule has 1 heterocycles. The van der Waals surface area contributed by atoms with Crippen LogP contribution in [0.2, 0.25) is 0 Å². The SMILES string of the molecule is CCOP(C)(=O)N1CCC(C(F)(F)F)CC1. The quantitative estimate of drug-likeness (QED) is 0.729. The Hall–Kier alpha value is -0.0600. The van der Waals surface area contributed by atoms with Crippen molar-refractivity contribution >= 4 is 7.52 Å². The second-order valence-electron chi connectivity index (χ2n) is 3.99. The molecule has 1 unspecified atom stereocenters. The van der Waals surface area contributed by atoms with Crippen LogP contribution in [0.1, 0.15) is 19.8 Å². The highest BCUT2D eigenvalue weighted by molar-refractivity contribution is 7.55. The summed E-state index contributed by atoms with van der Waals surface area (Å²) in [5.41, 5.74) is 0. The second-order valence-corrected chi connectivity index (χ2v) is 6.42. The predicted octanol–water partition coefficient (Wildman–Crippen LogP) is 3.12. The first-order valence-corrected chi connectivity index (χ1v) is 7.34. The summed E-state index contributed by atoms with van der Waals surface area (Å²) < 4.78 is 55.8. The molecule has 1 aliphatic heterocycles. The van der Waals surface area contributed by atoms with Crippen LogP contribution >= 0.6 is 7.52 Å². The molecule has 3 nitrogen and oxygen atoms in total. The van der Waals surface area contributed by atoms with Crippen molar-refractivity contribution in [3.63, 3.8) is 0 Å². The second kappa shape index (κ2) is 5.07. The Kier molecular flexibility index (Phi) is 4.43. The highest BCUT2D eigenvalue weighted by atomic mass is 31.2. The number of alkyl halides is 3. The average Bonchev–Trinajstić information content (AvgIpc) is 2.16. The zero-order valence-corrected chi connectivity index (χ0v) is 10.4. The van der Waals surface area contributed by atoms with Gasteiger partial charge in [-0.2, -0.15) is 13.2 Å². The molecule has 1 aliphatic rings. The first-order chi connectivity index (χ1) is 7.27. The molecule has 0 aromatic carbocycles. The summed E-state index contributed by atoms with van der Waals surface area (Å²) in [4.78, 5) is 0. The van der Waals surface area contributed by atoms with Gasteiger partial charge in [0.05, 0.1) is 12.5 Å². The van der Waals surface area contributed by atoms with Crippen molar-refractivity contribution in [2.75, 3.05) is 26.4 Å². The zero-order valence-electron chi connectivity index (χ0n) is 9.46. The number of piperidine rings is 1. The van der Waals surface area contributed by atoms with E-state index in [1.165, 1.54) is 6.66 Å². The standard InChI is InChI=1S/C9H17F3NO2P/c1-3-15-16(2,14)13-6-4-8(5-7-13)9(10,11)12/h8H,3-7H2,1-2H3. The molecule has 0 spiro atoms.